The highest BCUT2D eigenvalue weighted by Gasteiger charge is 2.20. The number of nitrogen functional groups attached to an aromatic ring is 1. The van der Waals surface area contributed by atoms with Crippen LogP contribution in [0.3, 0.4) is 0 Å². The summed E-state index contributed by atoms with van der Waals surface area (Å²) in [4.78, 5) is 33.1. The van der Waals surface area contributed by atoms with Crippen LogP contribution in [0.1, 0.15) is 41.6 Å². The fraction of sp³-hybridized carbons (Fsp3) is 0.217. The molecule has 33 heavy (non-hydrogen) atoms. The first-order valence-electron chi connectivity index (χ1n) is 10.0. The molecule has 0 spiro atoms. The van der Waals surface area contributed by atoms with Crippen LogP contribution in [0.4, 0.5) is 20.3 Å². The molecule has 172 valence electrons. The van der Waals surface area contributed by atoms with Crippen molar-refractivity contribution in [3.8, 4) is 11.3 Å². The number of rotatable bonds is 6. The first-order valence-corrected chi connectivity index (χ1v) is 10.0. The summed E-state index contributed by atoms with van der Waals surface area (Å²) in [5, 5.41) is 15.4. The van der Waals surface area contributed by atoms with Gasteiger partial charge in [0.25, 0.3) is 11.8 Å². The van der Waals surface area contributed by atoms with Gasteiger partial charge in [-0.15, -0.1) is 0 Å². The Hall–Kier alpha value is -3.92. The van der Waals surface area contributed by atoms with E-state index in [-0.39, 0.29) is 23.1 Å². The number of aliphatic hydroxyl groups is 1. The number of anilines is 2. The molecule has 5 N–H and O–H groups in total. The standard InChI is InChI=1S/C23H23F2N5O3/c1-11(2)28-22(32)19-21(26)27-10-18(30-19)17-5-4-16(6-12(17)3)29-23(33)20(31)13-7-14(24)9-15(25)8-13/h4-11,20,31H,1-3H3,(H2,26,27)(H,28,32)(H,29,33). The van der Waals surface area contributed by atoms with Crippen LogP contribution in [-0.2, 0) is 4.79 Å². The highest BCUT2D eigenvalue weighted by Crippen LogP contribution is 2.26. The lowest BCUT2D eigenvalue weighted by atomic mass is 10.0. The predicted molar refractivity (Wildman–Crippen MR) is 119 cm³/mol. The molecule has 0 aliphatic heterocycles. The van der Waals surface area contributed by atoms with E-state index in [1.165, 1.54) is 6.20 Å². The Kier molecular flexibility index (Phi) is 6.98. The molecule has 0 bridgehead atoms. The van der Waals surface area contributed by atoms with Gasteiger partial charge in [-0.2, -0.15) is 0 Å². The third-order valence-corrected chi connectivity index (χ3v) is 4.65. The van der Waals surface area contributed by atoms with Crippen molar-refractivity contribution in [3.63, 3.8) is 0 Å². The molecule has 2 aromatic carbocycles. The Balaban J connectivity index is 1.81. The average molecular weight is 455 g/mol. The number of nitrogens with one attached hydrogen (secondary N) is 2. The van der Waals surface area contributed by atoms with Gasteiger partial charge in [0.15, 0.2) is 17.6 Å². The Morgan fingerprint density at radius 3 is 2.36 bits per heavy atom. The molecule has 1 unspecified atom stereocenters. The van der Waals surface area contributed by atoms with E-state index in [1.807, 2.05) is 13.8 Å². The van der Waals surface area contributed by atoms with Gasteiger partial charge in [-0.25, -0.2) is 18.7 Å². The summed E-state index contributed by atoms with van der Waals surface area (Å²) in [5.41, 5.74) is 7.69. The topological polar surface area (TPSA) is 130 Å². The van der Waals surface area contributed by atoms with E-state index in [0.29, 0.717) is 28.6 Å². The highest BCUT2D eigenvalue weighted by molar-refractivity contribution is 5.97. The molecular formula is C23H23F2N5O3. The fourth-order valence-corrected chi connectivity index (χ4v) is 3.15. The van der Waals surface area contributed by atoms with E-state index in [1.54, 1.807) is 25.1 Å². The third-order valence-electron chi connectivity index (χ3n) is 4.65. The summed E-state index contributed by atoms with van der Waals surface area (Å²) in [5.74, 6) is -3.10. The second-order valence-corrected chi connectivity index (χ2v) is 7.74. The summed E-state index contributed by atoms with van der Waals surface area (Å²) in [6, 6.07) is 7.15. The number of nitrogens with two attached hydrogens (primary N) is 1. The zero-order valence-electron chi connectivity index (χ0n) is 18.2. The normalized spacial score (nSPS) is 11.8. The Labute approximate surface area is 188 Å². The Morgan fingerprint density at radius 1 is 1.09 bits per heavy atom. The van der Waals surface area contributed by atoms with Gasteiger partial charge >= 0.3 is 0 Å². The van der Waals surface area contributed by atoms with Crippen molar-refractivity contribution in [2.24, 2.45) is 0 Å². The van der Waals surface area contributed by atoms with Gasteiger partial charge in [-0.05, 0) is 56.2 Å². The maximum atomic E-state index is 13.4. The van der Waals surface area contributed by atoms with Crippen LogP contribution < -0.4 is 16.4 Å². The van der Waals surface area contributed by atoms with E-state index < -0.39 is 29.6 Å². The highest BCUT2D eigenvalue weighted by atomic mass is 19.1. The van der Waals surface area contributed by atoms with E-state index in [9.17, 15) is 23.5 Å². The smallest absolute Gasteiger partial charge is 0.273 e. The molecule has 1 atom stereocenters. The molecule has 0 aliphatic rings. The molecule has 10 heteroatoms. The summed E-state index contributed by atoms with van der Waals surface area (Å²) in [6.07, 6.45) is -0.329. The van der Waals surface area contributed by atoms with Gasteiger partial charge in [-0.3, -0.25) is 9.59 Å². The van der Waals surface area contributed by atoms with Crippen LogP contribution in [0.2, 0.25) is 0 Å². The summed E-state index contributed by atoms with van der Waals surface area (Å²) in [6.45, 7) is 5.38. The second-order valence-electron chi connectivity index (χ2n) is 7.74. The average Bonchev–Trinajstić information content (AvgIpc) is 2.72. The molecule has 1 heterocycles. The second kappa shape index (κ2) is 9.70. The fourth-order valence-electron chi connectivity index (χ4n) is 3.15. The van der Waals surface area contributed by atoms with Crippen molar-refractivity contribution in [1.29, 1.82) is 0 Å². The van der Waals surface area contributed by atoms with Gasteiger partial charge in [0, 0.05) is 23.4 Å². The number of aromatic nitrogens is 2. The lowest BCUT2D eigenvalue weighted by molar-refractivity contribution is -0.124. The largest absolute Gasteiger partial charge is 0.382 e. The number of carbonyl (C=O) groups is 2. The number of aliphatic hydroxyl groups excluding tert-OH is 1. The van der Waals surface area contributed by atoms with Crippen molar-refractivity contribution < 1.29 is 23.5 Å². The lowest BCUT2D eigenvalue weighted by Gasteiger charge is -2.14. The van der Waals surface area contributed by atoms with Gasteiger partial charge < -0.3 is 21.5 Å². The third kappa shape index (κ3) is 5.66. The van der Waals surface area contributed by atoms with Crippen LogP contribution in [0.25, 0.3) is 11.3 Å². The van der Waals surface area contributed by atoms with Crippen LogP contribution >= 0.6 is 0 Å². The summed E-state index contributed by atoms with van der Waals surface area (Å²) in [7, 11) is 0. The quantitative estimate of drug-likeness (QED) is 0.452. The molecule has 0 radical (unpaired) electrons. The number of benzene rings is 2. The van der Waals surface area contributed by atoms with Gasteiger partial charge in [0.05, 0.1) is 11.9 Å². The zero-order chi connectivity index (χ0) is 24.3. The van der Waals surface area contributed by atoms with Crippen molar-refractivity contribution in [3.05, 3.63) is 71.1 Å². The van der Waals surface area contributed by atoms with Gasteiger partial charge in [-0.1, -0.05) is 6.07 Å². The van der Waals surface area contributed by atoms with Crippen molar-refractivity contribution >= 4 is 23.3 Å². The number of carbonyl (C=O) groups excluding carboxylic acids is 2. The Morgan fingerprint density at radius 2 is 1.76 bits per heavy atom. The maximum Gasteiger partial charge on any atom is 0.273 e. The van der Waals surface area contributed by atoms with Crippen molar-refractivity contribution in [2.75, 3.05) is 11.1 Å². The summed E-state index contributed by atoms with van der Waals surface area (Å²) >= 11 is 0. The van der Waals surface area contributed by atoms with E-state index in [2.05, 4.69) is 20.6 Å². The molecule has 3 aromatic rings. The molecule has 8 nitrogen and oxygen atoms in total. The Bertz CT molecular complexity index is 1200. The van der Waals surface area contributed by atoms with Gasteiger partial charge in [0.1, 0.15) is 11.6 Å². The monoisotopic (exact) mass is 455 g/mol. The predicted octanol–water partition coefficient (Wildman–Crippen LogP) is 3.12. The number of nitrogens with zero attached hydrogens (tertiary/aromatic N) is 2. The first-order chi connectivity index (χ1) is 15.5. The molecule has 0 fully saturated rings. The minimum atomic E-state index is -1.76. The van der Waals surface area contributed by atoms with Crippen molar-refractivity contribution in [2.45, 2.75) is 32.9 Å². The van der Waals surface area contributed by atoms with Crippen molar-refractivity contribution in [1.82, 2.24) is 15.3 Å². The van der Waals surface area contributed by atoms with Crippen LogP contribution in [-0.4, -0.2) is 32.9 Å². The molecule has 0 saturated heterocycles. The molecule has 0 aliphatic carbocycles. The van der Waals surface area contributed by atoms with E-state index in [0.717, 1.165) is 12.1 Å². The maximum absolute atomic E-state index is 13.4. The lowest BCUT2D eigenvalue weighted by Crippen LogP contribution is -2.31. The van der Waals surface area contributed by atoms with Crippen LogP contribution in [0.15, 0.2) is 42.6 Å². The number of halogens is 2. The first kappa shape index (κ1) is 23.7. The zero-order valence-corrected chi connectivity index (χ0v) is 18.2. The number of hydrogen-bond donors (Lipinski definition) is 4. The minimum absolute atomic E-state index is 0.00112. The molecule has 1 aromatic heterocycles. The molecule has 3 rings (SSSR count). The van der Waals surface area contributed by atoms with E-state index in [4.69, 9.17) is 5.73 Å². The number of hydrogen-bond acceptors (Lipinski definition) is 6. The van der Waals surface area contributed by atoms with E-state index >= 15 is 0 Å². The van der Waals surface area contributed by atoms with Gasteiger partial charge in [0.2, 0.25) is 0 Å². The SMILES string of the molecule is Cc1cc(NC(=O)C(O)c2cc(F)cc(F)c2)ccc1-c1cnc(N)c(C(=O)NC(C)C)n1. The number of aryl methyl sites for hydroxylation is 1. The minimum Gasteiger partial charge on any atom is -0.382 e. The van der Waals surface area contributed by atoms with Crippen LogP contribution in [0.5, 0.6) is 0 Å². The summed E-state index contributed by atoms with van der Waals surface area (Å²) < 4.78 is 26.8. The number of amides is 2. The molecule has 0 saturated carbocycles. The molecular weight excluding hydrogens is 432 g/mol. The van der Waals surface area contributed by atoms with Crippen LogP contribution in [0, 0.1) is 18.6 Å². The molecule has 2 amide bonds.